The van der Waals surface area contributed by atoms with Gasteiger partial charge in [0.1, 0.15) is 5.69 Å². The molecule has 0 saturated heterocycles. The predicted octanol–water partition coefficient (Wildman–Crippen LogP) is 3.40. The number of aryl methyl sites for hydroxylation is 2. The van der Waals surface area contributed by atoms with Crippen LogP contribution in [0.15, 0.2) is 50.6 Å². The number of nitro groups is 1. The molecule has 0 unspecified atom stereocenters. The highest BCUT2D eigenvalue weighted by atomic mass is 79.9. The van der Waals surface area contributed by atoms with Gasteiger partial charge in [-0.15, -0.1) is 0 Å². The van der Waals surface area contributed by atoms with Crippen LogP contribution < -0.4 is 10.7 Å². The minimum Gasteiger partial charge on any atom is -0.444 e. The number of anilines is 1. The number of amides is 2. The molecule has 1 aromatic carbocycles. The van der Waals surface area contributed by atoms with E-state index in [4.69, 9.17) is 4.42 Å². The third-order valence-electron chi connectivity index (χ3n) is 4.27. The smallest absolute Gasteiger partial charge is 0.322 e. The van der Waals surface area contributed by atoms with Crippen LogP contribution in [0.25, 0.3) is 0 Å². The molecule has 12 heteroatoms. The van der Waals surface area contributed by atoms with Gasteiger partial charge in [0.2, 0.25) is 5.69 Å². The molecule has 11 nitrogen and oxygen atoms in total. The van der Waals surface area contributed by atoms with Crippen LogP contribution >= 0.6 is 15.9 Å². The van der Waals surface area contributed by atoms with Gasteiger partial charge in [0.25, 0.3) is 11.8 Å². The van der Waals surface area contributed by atoms with Gasteiger partial charge in [-0.05, 0) is 59.6 Å². The van der Waals surface area contributed by atoms with Gasteiger partial charge in [-0.3, -0.25) is 24.4 Å². The molecule has 0 aliphatic rings. The van der Waals surface area contributed by atoms with Crippen LogP contribution in [0.3, 0.4) is 0 Å². The Bertz CT molecular complexity index is 1200. The molecule has 0 atom stereocenters. The minimum atomic E-state index is -0.748. The fourth-order valence-electron chi connectivity index (χ4n) is 2.80. The van der Waals surface area contributed by atoms with Gasteiger partial charge in [-0.25, -0.2) is 5.43 Å². The minimum absolute atomic E-state index is 0.137. The Balaban J connectivity index is 1.69. The van der Waals surface area contributed by atoms with Crippen molar-refractivity contribution in [3.63, 3.8) is 0 Å². The van der Waals surface area contributed by atoms with Crippen molar-refractivity contribution in [2.45, 2.75) is 13.8 Å². The number of nitrogens with one attached hydrogen (secondary N) is 2. The van der Waals surface area contributed by atoms with Crippen molar-refractivity contribution in [3.8, 4) is 0 Å². The van der Waals surface area contributed by atoms with Crippen molar-refractivity contribution in [2.75, 3.05) is 5.32 Å². The molecule has 2 amide bonds. The lowest BCUT2D eigenvalue weighted by atomic mass is 10.1. The molecule has 0 fully saturated rings. The number of hydrazone groups is 1. The Morgan fingerprint density at radius 1 is 1.19 bits per heavy atom. The largest absolute Gasteiger partial charge is 0.444 e. The van der Waals surface area contributed by atoms with E-state index in [0.29, 0.717) is 21.6 Å². The highest BCUT2D eigenvalue weighted by Gasteiger charge is 2.29. The van der Waals surface area contributed by atoms with Gasteiger partial charge in [0, 0.05) is 12.7 Å². The molecule has 0 radical (unpaired) electrons. The Hall–Kier alpha value is -3.80. The first-order chi connectivity index (χ1) is 14.7. The van der Waals surface area contributed by atoms with Crippen LogP contribution in [0.4, 0.5) is 11.4 Å². The molecule has 0 aliphatic carbocycles. The number of benzene rings is 1. The van der Waals surface area contributed by atoms with Crippen molar-refractivity contribution in [3.05, 3.63) is 73.9 Å². The summed E-state index contributed by atoms with van der Waals surface area (Å²) in [6.45, 7) is 3.12. The molecule has 2 N–H and O–H groups in total. The van der Waals surface area contributed by atoms with Crippen molar-refractivity contribution < 1.29 is 18.9 Å². The van der Waals surface area contributed by atoms with E-state index in [9.17, 15) is 19.7 Å². The van der Waals surface area contributed by atoms with Crippen molar-refractivity contribution >= 4 is 44.8 Å². The highest BCUT2D eigenvalue weighted by Crippen LogP contribution is 2.22. The average Bonchev–Trinajstić information content (AvgIpc) is 3.28. The van der Waals surface area contributed by atoms with Gasteiger partial charge in [-0.1, -0.05) is 12.1 Å². The molecule has 0 saturated carbocycles. The maximum Gasteiger partial charge on any atom is 0.322 e. The first-order valence-electron chi connectivity index (χ1n) is 8.87. The number of hydrogen-bond acceptors (Lipinski definition) is 7. The van der Waals surface area contributed by atoms with E-state index in [1.807, 2.05) is 0 Å². The molecule has 0 bridgehead atoms. The lowest BCUT2D eigenvalue weighted by Gasteiger charge is -2.06. The first kappa shape index (κ1) is 21.9. The second-order valence-electron chi connectivity index (χ2n) is 6.44. The van der Waals surface area contributed by atoms with Crippen molar-refractivity contribution in [1.82, 2.24) is 15.2 Å². The molecular weight excluding hydrogens is 472 g/mol. The van der Waals surface area contributed by atoms with Crippen LogP contribution in [0.5, 0.6) is 0 Å². The summed E-state index contributed by atoms with van der Waals surface area (Å²) >= 11 is 3.14. The van der Waals surface area contributed by atoms with E-state index in [0.717, 1.165) is 4.68 Å². The van der Waals surface area contributed by atoms with Crippen LogP contribution in [0, 0.1) is 17.0 Å². The fraction of sp³-hybridized carbons (Fsp3) is 0.158. The highest BCUT2D eigenvalue weighted by molar-refractivity contribution is 9.10. The molecule has 3 rings (SSSR count). The summed E-state index contributed by atoms with van der Waals surface area (Å²) in [5.74, 6) is -0.984. The van der Waals surface area contributed by atoms with Gasteiger partial charge in [-0.2, -0.15) is 10.2 Å². The van der Waals surface area contributed by atoms with Crippen LogP contribution in [0.1, 0.15) is 39.2 Å². The van der Waals surface area contributed by atoms with E-state index in [1.54, 1.807) is 43.3 Å². The summed E-state index contributed by atoms with van der Waals surface area (Å²) < 4.78 is 6.79. The maximum absolute atomic E-state index is 12.4. The number of furan rings is 1. The topological polar surface area (TPSA) is 145 Å². The third-order valence-corrected chi connectivity index (χ3v) is 4.70. The summed E-state index contributed by atoms with van der Waals surface area (Å²) in [5.41, 5.74) is 3.57. The summed E-state index contributed by atoms with van der Waals surface area (Å²) in [6, 6.07) is 9.91. The summed E-state index contributed by atoms with van der Waals surface area (Å²) in [7, 11) is 1.44. The fourth-order valence-corrected chi connectivity index (χ4v) is 3.10. The average molecular weight is 489 g/mol. The quantitative estimate of drug-likeness (QED) is 0.309. The zero-order valence-electron chi connectivity index (χ0n) is 16.7. The molecule has 3 aromatic rings. The lowest BCUT2D eigenvalue weighted by molar-refractivity contribution is -0.385. The van der Waals surface area contributed by atoms with Crippen LogP contribution in [-0.4, -0.2) is 32.2 Å². The normalized spacial score (nSPS) is 11.3. The number of carbonyl (C=O) groups excluding carboxylic acids is 2. The van der Waals surface area contributed by atoms with Gasteiger partial charge < -0.3 is 9.73 Å². The Labute approximate surface area is 184 Å². The third kappa shape index (κ3) is 4.86. The molecule has 2 aromatic heterocycles. The van der Waals surface area contributed by atoms with Gasteiger partial charge in [0.15, 0.2) is 10.4 Å². The van der Waals surface area contributed by atoms with Crippen molar-refractivity contribution in [2.24, 2.45) is 12.1 Å². The van der Waals surface area contributed by atoms with Gasteiger partial charge in [0.05, 0.1) is 10.6 Å². The lowest BCUT2D eigenvalue weighted by Crippen LogP contribution is -2.23. The number of halogens is 1. The second-order valence-corrected chi connectivity index (χ2v) is 7.22. The number of carbonyl (C=O) groups is 2. The van der Waals surface area contributed by atoms with Crippen molar-refractivity contribution in [1.29, 1.82) is 0 Å². The zero-order chi connectivity index (χ0) is 22.7. The zero-order valence-corrected chi connectivity index (χ0v) is 18.3. The number of aromatic nitrogens is 2. The Morgan fingerprint density at radius 3 is 2.45 bits per heavy atom. The van der Waals surface area contributed by atoms with Crippen LogP contribution in [0.2, 0.25) is 0 Å². The monoisotopic (exact) mass is 488 g/mol. The molecule has 31 heavy (non-hydrogen) atoms. The molecular formula is C19H17BrN6O5. The summed E-state index contributed by atoms with van der Waals surface area (Å²) in [6.07, 6.45) is 0. The first-order valence-corrected chi connectivity index (χ1v) is 9.66. The molecule has 2 heterocycles. The van der Waals surface area contributed by atoms with E-state index in [2.05, 4.69) is 36.9 Å². The molecule has 0 aliphatic heterocycles. The van der Waals surface area contributed by atoms with E-state index >= 15 is 0 Å². The van der Waals surface area contributed by atoms with Gasteiger partial charge >= 0.3 is 5.69 Å². The summed E-state index contributed by atoms with van der Waals surface area (Å²) in [4.78, 5) is 35.1. The molecule has 160 valence electrons. The predicted molar refractivity (Wildman–Crippen MR) is 115 cm³/mol. The summed E-state index contributed by atoms with van der Waals surface area (Å²) in [5, 5.41) is 21.8. The van der Waals surface area contributed by atoms with E-state index in [1.165, 1.54) is 14.0 Å². The Kier molecular flexibility index (Phi) is 6.30. The van der Waals surface area contributed by atoms with Crippen LogP contribution in [-0.2, 0) is 7.05 Å². The molecule has 0 spiro atoms. The van der Waals surface area contributed by atoms with E-state index < -0.39 is 16.7 Å². The SMILES string of the molecule is C/C(=N\NC(=O)c1c([N+](=O)[O-])c(C)nn1C)c1ccc(NC(=O)c2ccc(Br)o2)cc1. The Morgan fingerprint density at radius 2 is 1.87 bits per heavy atom. The number of nitrogens with zero attached hydrogens (tertiary/aromatic N) is 4. The standard InChI is InChI=1S/C19H17BrN6O5/c1-10(22-23-19(28)17-16(26(29)30)11(2)24-25(17)3)12-4-6-13(7-5-12)21-18(27)14-8-9-15(20)31-14/h4-9H,1-3H3,(H,21,27)(H,23,28)/b22-10+. The number of rotatable bonds is 6. The maximum atomic E-state index is 12.4. The number of hydrogen-bond donors (Lipinski definition) is 2. The second kappa shape index (κ2) is 8.92. The van der Waals surface area contributed by atoms with E-state index in [-0.39, 0.29) is 22.8 Å².